The Morgan fingerprint density at radius 2 is 2.10 bits per heavy atom. The van der Waals surface area contributed by atoms with Crippen LogP contribution in [0, 0.1) is 6.92 Å². The highest BCUT2D eigenvalue weighted by Crippen LogP contribution is 2.21. The summed E-state index contributed by atoms with van der Waals surface area (Å²) in [6, 6.07) is 5.25. The van der Waals surface area contributed by atoms with Crippen LogP contribution in [0.5, 0.6) is 0 Å². The van der Waals surface area contributed by atoms with Crippen LogP contribution in [-0.2, 0) is 4.74 Å². The van der Waals surface area contributed by atoms with E-state index in [0.29, 0.717) is 11.0 Å². The van der Waals surface area contributed by atoms with E-state index in [4.69, 9.17) is 4.74 Å². The van der Waals surface area contributed by atoms with Gasteiger partial charge in [-0.25, -0.2) is 19.1 Å². The number of fused-ring (bicyclic) bond motifs is 1. The largest absolute Gasteiger partial charge is 0.450 e. The first kappa shape index (κ1) is 14.8. The summed E-state index contributed by atoms with van der Waals surface area (Å²) in [5.41, 5.74) is 2.26. The molecule has 0 atom stereocenters. The highest BCUT2D eigenvalue weighted by molar-refractivity contribution is 5.96. The summed E-state index contributed by atoms with van der Waals surface area (Å²) in [6.07, 6.45) is -0.641. The molecule has 0 aliphatic rings. The molecule has 1 aromatic carbocycles. The number of anilines is 1. The van der Waals surface area contributed by atoms with Crippen LogP contribution in [0.25, 0.3) is 11.0 Å². The standard InChI is InChI=1S/C14H18N4O3/c1-5-21-13(19)16-12-15-10-7-6-9(2)8-11(10)18(12)14(20)17(3)4/h6-8H,5H2,1-4H3,(H,15,16,19). The Morgan fingerprint density at radius 3 is 2.71 bits per heavy atom. The van der Waals surface area contributed by atoms with Crippen molar-refractivity contribution in [2.24, 2.45) is 0 Å². The van der Waals surface area contributed by atoms with Crippen molar-refractivity contribution in [3.05, 3.63) is 23.8 Å². The number of rotatable bonds is 2. The third-order valence-corrected chi connectivity index (χ3v) is 2.87. The number of carbonyl (C=O) groups is 2. The Labute approximate surface area is 122 Å². The predicted molar refractivity (Wildman–Crippen MR) is 79.6 cm³/mol. The van der Waals surface area contributed by atoms with E-state index in [1.54, 1.807) is 27.1 Å². The van der Waals surface area contributed by atoms with Crippen LogP contribution in [0.15, 0.2) is 18.2 Å². The van der Waals surface area contributed by atoms with Gasteiger partial charge in [0.1, 0.15) is 0 Å². The second-order valence-corrected chi connectivity index (χ2v) is 4.79. The van der Waals surface area contributed by atoms with Crippen LogP contribution in [-0.4, -0.2) is 47.3 Å². The van der Waals surface area contributed by atoms with Crippen LogP contribution in [0.1, 0.15) is 12.5 Å². The number of aromatic nitrogens is 2. The number of hydrogen-bond donors (Lipinski definition) is 1. The average Bonchev–Trinajstić information content (AvgIpc) is 2.75. The molecule has 2 rings (SSSR count). The highest BCUT2D eigenvalue weighted by atomic mass is 16.5. The van der Waals surface area contributed by atoms with E-state index < -0.39 is 6.09 Å². The molecule has 7 heteroatoms. The lowest BCUT2D eigenvalue weighted by Crippen LogP contribution is -2.29. The van der Waals surface area contributed by atoms with Crippen LogP contribution < -0.4 is 5.32 Å². The molecule has 0 unspecified atom stereocenters. The summed E-state index contributed by atoms with van der Waals surface area (Å²) < 4.78 is 6.19. The highest BCUT2D eigenvalue weighted by Gasteiger charge is 2.20. The molecule has 1 aromatic heterocycles. The maximum Gasteiger partial charge on any atom is 0.413 e. The second kappa shape index (κ2) is 5.82. The van der Waals surface area contributed by atoms with E-state index >= 15 is 0 Å². The SMILES string of the molecule is CCOC(=O)Nc1nc2ccc(C)cc2n1C(=O)N(C)C. The van der Waals surface area contributed by atoms with Gasteiger partial charge in [0.25, 0.3) is 0 Å². The first-order chi connectivity index (χ1) is 9.93. The zero-order chi connectivity index (χ0) is 15.6. The number of nitrogens with one attached hydrogen (secondary N) is 1. The fraction of sp³-hybridized carbons (Fsp3) is 0.357. The topological polar surface area (TPSA) is 76.5 Å². The first-order valence-electron chi connectivity index (χ1n) is 6.58. The van der Waals surface area contributed by atoms with Crippen molar-refractivity contribution in [1.29, 1.82) is 0 Å². The van der Waals surface area contributed by atoms with Crippen LogP contribution in [0.2, 0.25) is 0 Å². The average molecular weight is 290 g/mol. The number of hydrogen-bond acceptors (Lipinski definition) is 4. The van der Waals surface area contributed by atoms with Gasteiger partial charge in [-0.1, -0.05) is 6.07 Å². The third-order valence-electron chi connectivity index (χ3n) is 2.87. The van der Waals surface area contributed by atoms with E-state index in [9.17, 15) is 9.59 Å². The van der Waals surface area contributed by atoms with Gasteiger partial charge in [0.05, 0.1) is 17.6 Å². The molecular weight excluding hydrogens is 272 g/mol. The molecular formula is C14H18N4O3. The molecule has 2 amide bonds. The molecule has 0 fully saturated rings. The summed E-state index contributed by atoms with van der Waals surface area (Å²) in [5.74, 6) is 0.146. The van der Waals surface area contributed by atoms with Gasteiger partial charge in [-0.15, -0.1) is 0 Å². The normalized spacial score (nSPS) is 10.5. The predicted octanol–water partition coefficient (Wildman–Crippen LogP) is 2.44. The Kier molecular flexibility index (Phi) is 4.11. The van der Waals surface area contributed by atoms with E-state index in [0.717, 1.165) is 5.56 Å². The summed E-state index contributed by atoms with van der Waals surface area (Å²) in [4.78, 5) is 29.6. The maximum absolute atomic E-state index is 12.3. The van der Waals surface area contributed by atoms with Gasteiger partial charge in [0.2, 0.25) is 5.95 Å². The van der Waals surface area contributed by atoms with Gasteiger partial charge in [-0.3, -0.25) is 5.32 Å². The van der Waals surface area contributed by atoms with Crippen molar-refractivity contribution in [3.8, 4) is 0 Å². The summed E-state index contributed by atoms with van der Waals surface area (Å²) in [6.45, 7) is 3.87. The van der Waals surface area contributed by atoms with Crippen LogP contribution >= 0.6 is 0 Å². The Hall–Kier alpha value is -2.57. The molecule has 0 aliphatic heterocycles. The third kappa shape index (κ3) is 2.96. The summed E-state index contributed by atoms with van der Waals surface area (Å²) in [5, 5.41) is 2.50. The number of nitrogens with zero attached hydrogens (tertiary/aromatic N) is 3. The van der Waals surface area contributed by atoms with Crippen LogP contribution in [0.4, 0.5) is 15.5 Å². The fourth-order valence-corrected chi connectivity index (χ4v) is 1.92. The van der Waals surface area contributed by atoms with Gasteiger partial charge in [0, 0.05) is 14.1 Å². The van der Waals surface area contributed by atoms with Crippen molar-refractivity contribution >= 4 is 29.1 Å². The van der Waals surface area contributed by atoms with Crippen molar-refractivity contribution in [2.45, 2.75) is 13.8 Å². The maximum atomic E-state index is 12.3. The van der Waals surface area contributed by atoms with Gasteiger partial charge < -0.3 is 9.64 Å². The zero-order valence-electron chi connectivity index (χ0n) is 12.5. The molecule has 0 spiro atoms. The Bertz CT molecular complexity index is 691. The van der Waals surface area contributed by atoms with E-state index in [2.05, 4.69) is 10.3 Å². The molecule has 0 saturated heterocycles. The smallest absolute Gasteiger partial charge is 0.413 e. The van der Waals surface area contributed by atoms with Gasteiger partial charge in [-0.05, 0) is 31.5 Å². The minimum Gasteiger partial charge on any atom is -0.450 e. The minimum atomic E-state index is -0.641. The number of benzene rings is 1. The molecule has 1 heterocycles. The van der Waals surface area contributed by atoms with Gasteiger partial charge in [0.15, 0.2) is 0 Å². The van der Waals surface area contributed by atoms with E-state index in [-0.39, 0.29) is 18.6 Å². The lowest BCUT2D eigenvalue weighted by atomic mass is 10.2. The Morgan fingerprint density at radius 1 is 1.38 bits per heavy atom. The van der Waals surface area contributed by atoms with Crippen molar-refractivity contribution in [2.75, 3.05) is 26.0 Å². The van der Waals surface area contributed by atoms with Gasteiger partial charge >= 0.3 is 12.1 Å². The van der Waals surface area contributed by atoms with Crippen molar-refractivity contribution in [3.63, 3.8) is 0 Å². The molecule has 7 nitrogen and oxygen atoms in total. The quantitative estimate of drug-likeness (QED) is 0.921. The second-order valence-electron chi connectivity index (χ2n) is 4.79. The summed E-state index contributed by atoms with van der Waals surface area (Å²) >= 11 is 0. The monoisotopic (exact) mass is 290 g/mol. The number of aryl methyl sites for hydroxylation is 1. The van der Waals surface area contributed by atoms with Crippen LogP contribution in [0.3, 0.4) is 0 Å². The lowest BCUT2D eigenvalue weighted by Gasteiger charge is -2.14. The van der Waals surface area contributed by atoms with Gasteiger partial charge in [-0.2, -0.15) is 0 Å². The van der Waals surface area contributed by atoms with Crippen molar-refractivity contribution in [1.82, 2.24) is 14.5 Å². The number of carbonyl (C=O) groups excluding carboxylic acids is 2. The molecule has 0 saturated carbocycles. The molecule has 2 aromatic rings. The molecule has 112 valence electrons. The summed E-state index contributed by atoms with van der Waals surface area (Å²) in [7, 11) is 3.27. The fourth-order valence-electron chi connectivity index (χ4n) is 1.92. The number of amides is 2. The molecule has 0 aliphatic carbocycles. The lowest BCUT2D eigenvalue weighted by molar-refractivity contribution is 0.167. The molecule has 0 radical (unpaired) electrons. The minimum absolute atomic E-state index is 0.146. The molecule has 21 heavy (non-hydrogen) atoms. The van der Waals surface area contributed by atoms with E-state index in [1.165, 1.54) is 9.47 Å². The molecule has 0 bridgehead atoms. The van der Waals surface area contributed by atoms with E-state index in [1.807, 2.05) is 19.1 Å². The number of imidazole rings is 1. The van der Waals surface area contributed by atoms with Crippen molar-refractivity contribution < 1.29 is 14.3 Å². The molecule has 1 N–H and O–H groups in total. The first-order valence-corrected chi connectivity index (χ1v) is 6.58. The Balaban J connectivity index is 2.55. The number of ether oxygens (including phenoxy) is 1. The zero-order valence-corrected chi connectivity index (χ0v) is 12.5.